The van der Waals surface area contributed by atoms with Crippen LogP contribution in [0.1, 0.15) is 11.1 Å². The number of fused-ring (bicyclic) bond motifs is 1. The number of nitrogens with zero attached hydrogens (tertiary/aromatic N) is 3. The minimum atomic E-state index is -3.89. The lowest BCUT2D eigenvalue weighted by Crippen LogP contribution is -2.38. The number of phenols is 2. The van der Waals surface area contributed by atoms with Crippen LogP contribution in [0.4, 0.5) is 0 Å². The molecule has 0 fully saturated rings. The lowest BCUT2D eigenvalue weighted by molar-refractivity contribution is 0.403. The van der Waals surface area contributed by atoms with Gasteiger partial charge in [0, 0.05) is 6.20 Å². The van der Waals surface area contributed by atoms with E-state index in [9.17, 15) is 18.6 Å². The fourth-order valence-electron chi connectivity index (χ4n) is 3.24. The van der Waals surface area contributed by atoms with Crippen molar-refractivity contribution in [2.45, 2.75) is 18.0 Å². The van der Waals surface area contributed by atoms with Gasteiger partial charge in [-0.3, -0.25) is 0 Å². The van der Waals surface area contributed by atoms with Crippen molar-refractivity contribution in [1.29, 1.82) is 0 Å². The third kappa shape index (κ3) is 2.94. The highest BCUT2D eigenvalue weighted by Gasteiger charge is 2.45. The van der Waals surface area contributed by atoms with Gasteiger partial charge in [0.1, 0.15) is 11.5 Å². The second-order valence-corrected chi connectivity index (χ2v) is 8.77. The molecular formula is C19H16ClN3O4S. The number of hydrogen-bond donors (Lipinski definition) is 2. The molecule has 2 heterocycles. The van der Waals surface area contributed by atoms with Crippen LogP contribution < -0.4 is 0 Å². The van der Waals surface area contributed by atoms with Gasteiger partial charge < -0.3 is 10.2 Å². The maximum absolute atomic E-state index is 13.2. The van der Waals surface area contributed by atoms with E-state index >= 15 is 0 Å². The number of benzene rings is 2. The van der Waals surface area contributed by atoms with E-state index in [1.807, 2.05) is 6.92 Å². The van der Waals surface area contributed by atoms with Crippen molar-refractivity contribution in [3.63, 3.8) is 0 Å². The zero-order valence-electron chi connectivity index (χ0n) is 14.7. The first-order chi connectivity index (χ1) is 13.3. The average Bonchev–Trinajstić information content (AvgIpc) is 3.06. The maximum atomic E-state index is 13.2. The van der Waals surface area contributed by atoms with E-state index < -0.39 is 22.1 Å². The fraction of sp³-hybridized carbons (Fsp3) is 0.158. The molecule has 4 rings (SSSR count). The Morgan fingerprint density at radius 3 is 2.46 bits per heavy atom. The Balaban J connectivity index is 1.84. The number of halogens is 1. The van der Waals surface area contributed by atoms with Crippen LogP contribution in [0, 0.1) is 12.8 Å². The van der Waals surface area contributed by atoms with Gasteiger partial charge in [0.15, 0.2) is 17.7 Å². The fourth-order valence-corrected chi connectivity index (χ4v) is 4.95. The molecule has 2 aliphatic heterocycles. The summed E-state index contributed by atoms with van der Waals surface area (Å²) >= 11 is 6.30. The molecule has 0 radical (unpaired) electrons. The third-order valence-corrected chi connectivity index (χ3v) is 6.80. The highest BCUT2D eigenvalue weighted by Crippen LogP contribution is 2.43. The van der Waals surface area contributed by atoms with E-state index in [1.165, 1.54) is 24.7 Å². The van der Waals surface area contributed by atoms with Gasteiger partial charge in [-0.25, -0.2) is 22.7 Å². The molecule has 0 aromatic heterocycles. The molecule has 2 aliphatic rings. The maximum Gasteiger partial charge on any atom is 0.265 e. The minimum absolute atomic E-state index is 0.136. The van der Waals surface area contributed by atoms with Crippen molar-refractivity contribution in [3.8, 4) is 11.5 Å². The summed E-state index contributed by atoms with van der Waals surface area (Å²) in [6.45, 7) is 1.87. The van der Waals surface area contributed by atoms with E-state index in [0.29, 0.717) is 11.1 Å². The first-order valence-electron chi connectivity index (χ1n) is 8.38. The van der Waals surface area contributed by atoms with Crippen LogP contribution in [0.2, 0.25) is 0 Å². The van der Waals surface area contributed by atoms with Crippen LogP contribution in [-0.4, -0.2) is 40.6 Å². The molecule has 144 valence electrons. The largest absolute Gasteiger partial charge is 0.504 e. The van der Waals surface area contributed by atoms with Crippen molar-refractivity contribution >= 4 is 38.7 Å². The van der Waals surface area contributed by atoms with Gasteiger partial charge in [-0.2, -0.15) is 0 Å². The van der Waals surface area contributed by atoms with Gasteiger partial charge >= 0.3 is 0 Å². The second kappa shape index (κ2) is 6.65. The molecule has 0 bridgehead atoms. The number of aliphatic imine (C=N–C) groups is 2. The lowest BCUT2D eigenvalue weighted by Gasteiger charge is -2.27. The zero-order valence-corrected chi connectivity index (χ0v) is 16.3. The van der Waals surface area contributed by atoms with E-state index in [1.54, 1.807) is 30.3 Å². The molecule has 2 N–H and O–H groups in total. The summed E-state index contributed by atoms with van der Waals surface area (Å²) in [5.74, 6) is -1.21. The highest BCUT2D eigenvalue weighted by atomic mass is 35.5. The molecular weight excluding hydrogens is 402 g/mol. The molecule has 7 nitrogen and oxygen atoms in total. The number of aryl methyl sites for hydroxylation is 1. The first kappa shape index (κ1) is 18.5. The summed E-state index contributed by atoms with van der Waals surface area (Å²) in [5, 5.41) is 19.6. The zero-order chi connectivity index (χ0) is 20.1. The Morgan fingerprint density at radius 1 is 1.07 bits per heavy atom. The summed E-state index contributed by atoms with van der Waals surface area (Å²) in [7, 11) is -3.89. The molecule has 0 saturated heterocycles. The topological polar surface area (TPSA) is 103 Å². The molecule has 0 saturated carbocycles. The number of hydrogen-bond acceptors (Lipinski definition) is 6. The van der Waals surface area contributed by atoms with Crippen molar-refractivity contribution in [1.82, 2.24) is 4.31 Å². The van der Waals surface area contributed by atoms with Crippen LogP contribution in [-0.2, 0) is 10.0 Å². The summed E-state index contributed by atoms with van der Waals surface area (Å²) in [6.07, 6.45) is 1.88. The summed E-state index contributed by atoms with van der Waals surface area (Å²) in [4.78, 5) is 8.38. The quantitative estimate of drug-likeness (QED) is 0.749. The van der Waals surface area contributed by atoms with Crippen LogP contribution in [0.15, 0.2) is 63.5 Å². The number of aromatic hydroxyl groups is 2. The standard InChI is InChI=1S/C19H16ClN3O4S/c1-11-2-5-13(6-3-11)28(26,27)23-9-14(12-4-7-15(24)16(25)8-12)17-18(20)21-10-22-19(17)23/h2-10,17,19,24-25H,1H3. The summed E-state index contributed by atoms with van der Waals surface area (Å²) < 4.78 is 27.6. The van der Waals surface area contributed by atoms with Gasteiger partial charge in [0.2, 0.25) is 0 Å². The average molecular weight is 418 g/mol. The SMILES string of the molecule is Cc1ccc(S(=O)(=O)N2C=C(c3ccc(O)c(O)c3)C3C(Cl)=NC=NC32)cc1. The second-order valence-electron chi connectivity index (χ2n) is 6.54. The van der Waals surface area contributed by atoms with E-state index in [-0.39, 0.29) is 21.6 Å². The molecule has 0 aliphatic carbocycles. The molecule has 0 spiro atoms. The van der Waals surface area contributed by atoms with Gasteiger partial charge in [0.25, 0.3) is 10.0 Å². The minimum Gasteiger partial charge on any atom is -0.504 e. The first-order valence-corrected chi connectivity index (χ1v) is 10.2. The molecule has 9 heteroatoms. The molecule has 2 aromatic carbocycles. The van der Waals surface area contributed by atoms with Crippen molar-refractivity contribution in [3.05, 3.63) is 59.8 Å². The molecule has 0 amide bonds. The van der Waals surface area contributed by atoms with E-state index in [2.05, 4.69) is 9.98 Å². The van der Waals surface area contributed by atoms with Gasteiger partial charge in [-0.15, -0.1) is 0 Å². The Kier molecular flexibility index (Phi) is 4.40. The van der Waals surface area contributed by atoms with Crippen molar-refractivity contribution in [2.24, 2.45) is 15.9 Å². The van der Waals surface area contributed by atoms with E-state index in [4.69, 9.17) is 11.6 Å². The van der Waals surface area contributed by atoms with Gasteiger partial charge in [-0.05, 0) is 42.3 Å². The Hall–Kier alpha value is -2.84. The lowest BCUT2D eigenvalue weighted by atomic mass is 9.93. The molecule has 2 unspecified atom stereocenters. The predicted molar refractivity (Wildman–Crippen MR) is 107 cm³/mol. The molecule has 2 atom stereocenters. The molecule has 28 heavy (non-hydrogen) atoms. The number of phenolic OH excluding ortho intramolecular Hbond substituents is 2. The number of sulfonamides is 1. The summed E-state index contributed by atoms with van der Waals surface area (Å²) in [6, 6.07) is 10.8. The summed E-state index contributed by atoms with van der Waals surface area (Å²) in [5.41, 5.74) is 1.99. The highest BCUT2D eigenvalue weighted by molar-refractivity contribution is 7.89. The Labute approximate surface area is 167 Å². The van der Waals surface area contributed by atoms with Crippen molar-refractivity contribution < 1.29 is 18.6 Å². The normalized spacial score (nSPS) is 21.3. The smallest absolute Gasteiger partial charge is 0.265 e. The number of rotatable bonds is 3. The van der Waals surface area contributed by atoms with Gasteiger partial charge in [-0.1, -0.05) is 35.4 Å². The predicted octanol–water partition coefficient (Wildman–Crippen LogP) is 3.07. The van der Waals surface area contributed by atoms with Crippen LogP contribution in [0.25, 0.3) is 5.57 Å². The van der Waals surface area contributed by atoms with E-state index in [0.717, 1.165) is 9.87 Å². The van der Waals surface area contributed by atoms with Crippen LogP contribution in [0.5, 0.6) is 11.5 Å². The van der Waals surface area contributed by atoms with Crippen molar-refractivity contribution in [2.75, 3.05) is 0 Å². The van der Waals surface area contributed by atoms with Gasteiger partial charge in [0.05, 0.1) is 10.8 Å². The van der Waals surface area contributed by atoms with Crippen LogP contribution in [0.3, 0.4) is 0 Å². The Morgan fingerprint density at radius 2 is 1.79 bits per heavy atom. The Bertz CT molecular complexity index is 1140. The third-order valence-electron chi connectivity index (χ3n) is 4.72. The molecule has 2 aromatic rings. The van der Waals surface area contributed by atoms with Crippen LogP contribution >= 0.6 is 11.6 Å². The monoisotopic (exact) mass is 417 g/mol.